The average molecular weight is 188 g/mol. The van der Waals surface area contributed by atoms with E-state index in [9.17, 15) is 4.79 Å². The minimum atomic E-state index is 0.180. The Hall–Kier alpha value is -0.320. The van der Waals surface area contributed by atoms with Gasteiger partial charge in [-0.3, -0.25) is 4.79 Å². The molecule has 1 heterocycles. The molecule has 0 aliphatic rings. The van der Waals surface area contributed by atoms with Crippen LogP contribution in [-0.2, 0) is 0 Å². The lowest BCUT2D eigenvalue weighted by atomic mass is 10.5. The normalized spacial score (nSPS) is 9.91. The number of hydrogen-bond donors (Lipinski definition) is 1. The molecular weight excluding hydrogens is 180 g/mol. The predicted molar refractivity (Wildman–Crippen MR) is 47.5 cm³/mol. The van der Waals surface area contributed by atoms with Crippen LogP contribution < -0.4 is 0 Å². The van der Waals surface area contributed by atoms with E-state index < -0.39 is 0 Å². The van der Waals surface area contributed by atoms with E-state index in [1.807, 2.05) is 6.07 Å². The number of aldehydes is 1. The first-order valence-electron chi connectivity index (χ1n) is 3.15. The maximum atomic E-state index is 10.2. The standard InChI is InChI=1S/C7H8O2S2/c8-3-4-10-7-2-1-6(5-9)11-7/h1-2,5,8H,3-4H2. The number of aliphatic hydroxyl groups excluding tert-OH is 1. The monoisotopic (exact) mass is 188 g/mol. The molecule has 0 aromatic carbocycles. The van der Waals surface area contributed by atoms with Gasteiger partial charge < -0.3 is 5.11 Å². The number of carbonyl (C=O) groups is 1. The van der Waals surface area contributed by atoms with Gasteiger partial charge in [-0.25, -0.2) is 0 Å². The van der Waals surface area contributed by atoms with E-state index in [4.69, 9.17) is 5.11 Å². The van der Waals surface area contributed by atoms with Crippen molar-refractivity contribution in [2.45, 2.75) is 4.21 Å². The van der Waals surface area contributed by atoms with E-state index in [-0.39, 0.29) is 6.61 Å². The van der Waals surface area contributed by atoms with E-state index in [2.05, 4.69) is 0 Å². The smallest absolute Gasteiger partial charge is 0.160 e. The second-order valence-corrected chi connectivity index (χ2v) is 4.36. The van der Waals surface area contributed by atoms with Crippen LogP contribution in [0.5, 0.6) is 0 Å². The summed E-state index contributed by atoms with van der Waals surface area (Å²) in [6.07, 6.45) is 0.841. The average Bonchev–Trinajstić information content (AvgIpc) is 2.48. The first-order chi connectivity index (χ1) is 5.36. The number of aliphatic hydroxyl groups is 1. The first-order valence-corrected chi connectivity index (χ1v) is 4.95. The lowest BCUT2D eigenvalue weighted by Crippen LogP contribution is -1.82. The lowest BCUT2D eigenvalue weighted by molar-refractivity contribution is 0.112. The summed E-state index contributed by atoms with van der Waals surface area (Å²) in [5, 5.41) is 8.51. The third-order valence-electron chi connectivity index (χ3n) is 1.05. The number of rotatable bonds is 4. The molecule has 0 amide bonds. The van der Waals surface area contributed by atoms with Crippen molar-refractivity contribution >= 4 is 29.4 Å². The molecule has 0 spiro atoms. The largest absolute Gasteiger partial charge is 0.396 e. The molecule has 0 unspecified atom stereocenters. The lowest BCUT2D eigenvalue weighted by Gasteiger charge is -1.90. The van der Waals surface area contributed by atoms with Crippen LogP contribution in [0.4, 0.5) is 0 Å². The number of carbonyl (C=O) groups excluding carboxylic acids is 1. The molecule has 1 aromatic rings. The highest BCUT2D eigenvalue weighted by atomic mass is 32.2. The van der Waals surface area contributed by atoms with Gasteiger partial charge in [0.05, 0.1) is 15.7 Å². The first kappa shape index (κ1) is 8.77. The van der Waals surface area contributed by atoms with Gasteiger partial charge in [-0.15, -0.1) is 23.1 Å². The molecule has 0 atom stereocenters. The van der Waals surface area contributed by atoms with Crippen molar-refractivity contribution < 1.29 is 9.90 Å². The maximum Gasteiger partial charge on any atom is 0.160 e. The van der Waals surface area contributed by atoms with E-state index in [1.54, 1.807) is 17.8 Å². The Bertz CT molecular complexity index is 232. The summed E-state index contributed by atoms with van der Waals surface area (Å²) in [5.74, 6) is 0.693. The van der Waals surface area contributed by atoms with Gasteiger partial charge in [0.2, 0.25) is 0 Å². The topological polar surface area (TPSA) is 37.3 Å². The molecule has 1 rings (SSSR count). The minimum absolute atomic E-state index is 0.180. The molecule has 4 heteroatoms. The third-order valence-corrected chi connectivity index (χ3v) is 3.27. The fraction of sp³-hybridized carbons (Fsp3) is 0.286. The molecule has 0 radical (unpaired) electrons. The SMILES string of the molecule is O=Cc1ccc(SCCO)s1. The minimum Gasteiger partial charge on any atom is -0.396 e. The van der Waals surface area contributed by atoms with Gasteiger partial charge >= 0.3 is 0 Å². The van der Waals surface area contributed by atoms with E-state index in [0.717, 1.165) is 15.4 Å². The number of thiophene rings is 1. The molecule has 0 aliphatic carbocycles. The zero-order valence-electron chi connectivity index (χ0n) is 5.82. The summed E-state index contributed by atoms with van der Waals surface area (Å²) in [6.45, 7) is 0.180. The van der Waals surface area contributed by atoms with Gasteiger partial charge in [-0.05, 0) is 12.1 Å². The van der Waals surface area contributed by atoms with Crippen molar-refractivity contribution in [3.8, 4) is 0 Å². The second-order valence-electron chi connectivity index (χ2n) is 1.85. The van der Waals surface area contributed by atoms with Crippen molar-refractivity contribution in [1.29, 1.82) is 0 Å². The number of hydrogen-bond acceptors (Lipinski definition) is 4. The molecule has 1 aromatic heterocycles. The Morgan fingerprint density at radius 2 is 2.45 bits per heavy atom. The molecule has 0 saturated carbocycles. The van der Waals surface area contributed by atoms with Crippen molar-refractivity contribution in [3.63, 3.8) is 0 Å². The van der Waals surface area contributed by atoms with Crippen LogP contribution in [-0.4, -0.2) is 23.8 Å². The van der Waals surface area contributed by atoms with Crippen LogP contribution in [0.2, 0.25) is 0 Å². The van der Waals surface area contributed by atoms with E-state index >= 15 is 0 Å². The predicted octanol–water partition coefficient (Wildman–Crippen LogP) is 1.64. The summed E-state index contributed by atoms with van der Waals surface area (Å²) < 4.78 is 1.08. The summed E-state index contributed by atoms with van der Waals surface area (Å²) in [7, 11) is 0. The molecule has 11 heavy (non-hydrogen) atoms. The van der Waals surface area contributed by atoms with Gasteiger partial charge in [0.25, 0.3) is 0 Å². The maximum absolute atomic E-state index is 10.2. The molecule has 1 N–H and O–H groups in total. The number of thioether (sulfide) groups is 1. The molecular formula is C7H8O2S2. The van der Waals surface area contributed by atoms with E-state index in [0.29, 0.717) is 5.75 Å². The van der Waals surface area contributed by atoms with Crippen molar-refractivity contribution in [3.05, 3.63) is 17.0 Å². The van der Waals surface area contributed by atoms with Crippen LogP contribution in [0, 0.1) is 0 Å². The molecule has 2 nitrogen and oxygen atoms in total. The highest BCUT2D eigenvalue weighted by molar-refractivity contribution is 8.01. The van der Waals surface area contributed by atoms with E-state index in [1.165, 1.54) is 11.3 Å². The van der Waals surface area contributed by atoms with Crippen LogP contribution >= 0.6 is 23.1 Å². The fourth-order valence-corrected chi connectivity index (χ4v) is 2.41. The Morgan fingerprint density at radius 3 is 3.00 bits per heavy atom. The highest BCUT2D eigenvalue weighted by Gasteiger charge is 1.97. The van der Waals surface area contributed by atoms with Crippen molar-refractivity contribution in [1.82, 2.24) is 0 Å². The van der Waals surface area contributed by atoms with Gasteiger partial charge in [0.15, 0.2) is 6.29 Å². The molecule has 0 aliphatic heterocycles. The van der Waals surface area contributed by atoms with Crippen LogP contribution in [0.1, 0.15) is 9.67 Å². The Kier molecular flexibility index (Phi) is 3.62. The van der Waals surface area contributed by atoms with Crippen molar-refractivity contribution in [2.24, 2.45) is 0 Å². The molecule has 0 bridgehead atoms. The van der Waals surface area contributed by atoms with Gasteiger partial charge in [0, 0.05) is 5.75 Å². The highest BCUT2D eigenvalue weighted by Crippen LogP contribution is 2.25. The summed E-state index contributed by atoms with van der Waals surface area (Å²) >= 11 is 3.02. The zero-order chi connectivity index (χ0) is 8.10. The van der Waals surface area contributed by atoms with Gasteiger partial charge in [0.1, 0.15) is 0 Å². The quantitative estimate of drug-likeness (QED) is 0.576. The summed E-state index contributed by atoms with van der Waals surface area (Å²) in [5.41, 5.74) is 0. The van der Waals surface area contributed by atoms with Crippen molar-refractivity contribution in [2.75, 3.05) is 12.4 Å². The van der Waals surface area contributed by atoms with Crippen LogP contribution in [0.25, 0.3) is 0 Å². The summed E-state index contributed by atoms with van der Waals surface area (Å²) in [4.78, 5) is 11.0. The zero-order valence-corrected chi connectivity index (χ0v) is 7.45. The Labute approximate surface area is 73.2 Å². The van der Waals surface area contributed by atoms with Crippen LogP contribution in [0.3, 0.4) is 0 Å². The second kappa shape index (κ2) is 4.54. The third kappa shape index (κ3) is 2.65. The Morgan fingerprint density at radius 1 is 1.64 bits per heavy atom. The molecule has 60 valence electrons. The van der Waals surface area contributed by atoms with Gasteiger partial charge in [-0.2, -0.15) is 0 Å². The summed E-state index contributed by atoms with van der Waals surface area (Å²) in [6, 6.07) is 3.69. The molecule has 0 fully saturated rings. The van der Waals surface area contributed by atoms with Crippen LogP contribution in [0.15, 0.2) is 16.3 Å². The Balaban J connectivity index is 2.51. The molecule has 0 saturated heterocycles. The van der Waals surface area contributed by atoms with Gasteiger partial charge in [-0.1, -0.05) is 0 Å². The fourth-order valence-electron chi connectivity index (χ4n) is 0.622.